The Kier molecular flexibility index (Phi) is 4.43. The zero-order chi connectivity index (χ0) is 13.8. The summed E-state index contributed by atoms with van der Waals surface area (Å²) in [4.78, 5) is 4.14. The van der Waals surface area contributed by atoms with E-state index in [4.69, 9.17) is 16.3 Å². The van der Waals surface area contributed by atoms with Crippen LogP contribution in [0.5, 0.6) is 11.5 Å². The number of halogens is 1. The quantitative estimate of drug-likeness (QED) is 0.729. The predicted octanol–water partition coefficient (Wildman–Crippen LogP) is 5.04. The third-order valence-electron chi connectivity index (χ3n) is 3.02. The lowest BCUT2D eigenvalue weighted by Gasteiger charge is -2.12. The summed E-state index contributed by atoms with van der Waals surface area (Å²) in [6.45, 7) is 6.50. The molecule has 2 rings (SSSR count). The smallest absolute Gasteiger partial charge is 0.130 e. The highest BCUT2D eigenvalue weighted by Crippen LogP contribution is 2.27. The summed E-state index contributed by atoms with van der Waals surface area (Å²) >= 11 is 5.76. The molecule has 0 aliphatic heterocycles. The second-order valence-corrected chi connectivity index (χ2v) is 5.16. The van der Waals surface area contributed by atoms with Gasteiger partial charge in [-0.25, -0.2) is 0 Å². The van der Waals surface area contributed by atoms with Gasteiger partial charge in [-0.3, -0.25) is 4.98 Å². The van der Waals surface area contributed by atoms with E-state index in [9.17, 15) is 0 Å². The van der Waals surface area contributed by atoms with Crippen molar-refractivity contribution in [3.63, 3.8) is 0 Å². The van der Waals surface area contributed by atoms with Gasteiger partial charge in [0.15, 0.2) is 0 Å². The van der Waals surface area contributed by atoms with Crippen LogP contribution in [0.2, 0.25) is 0 Å². The standard InChI is InChI=1S/C16H18ClNO/c1-11(2)16-5-4-14(8-12(16)3)19-15-6-7-18-13(9-15)10-17/h4-9,11H,10H2,1-3H3. The molecule has 0 fully saturated rings. The first-order chi connectivity index (χ1) is 9.10. The van der Waals surface area contributed by atoms with Crippen molar-refractivity contribution in [2.24, 2.45) is 0 Å². The van der Waals surface area contributed by atoms with Crippen LogP contribution in [-0.4, -0.2) is 4.98 Å². The molecule has 2 aromatic rings. The molecule has 0 radical (unpaired) electrons. The monoisotopic (exact) mass is 275 g/mol. The maximum absolute atomic E-state index is 5.84. The largest absolute Gasteiger partial charge is 0.457 e. The molecule has 0 amide bonds. The molecule has 1 aromatic heterocycles. The summed E-state index contributed by atoms with van der Waals surface area (Å²) in [6.07, 6.45) is 1.71. The number of benzene rings is 1. The molecule has 0 saturated heterocycles. The molecule has 0 aliphatic carbocycles. The number of pyridine rings is 1. The van der Waals surface area contributed by atoms with Crippen LogP contribution in [0.4, 0.5) is 0 Å². The Morgan fingerprint density at radius 3 is 2.53 bits per heavy atom. The van der Waals surface area contributed by atoms with Crippen LogP contribution in [0, 0.1) is 6.92 Å². The van der Waals surface area contributed by atoms with Crippen molar-refractivity contribution in [3.05, 3.63) is 53.3 Å². The summed E-state index contributed by atoms with van der Waals surface area (Å²) in [5, 5.41) is 0. The minimum atomic E-state index is 0.391. The third kappa shape index (κ3) is 3.48. The topological polar surface area (TPSA) is 22.1 Å². The van der Waals surface area contributed by atoms with E-state index in [0.717, 1.165) is 17.2 Å². The van der Waals surface area contributed by atoms with E-state index in [-0.39, 0.29) is 0 Å². The average molecular weight is 276 g/mol. The Balaban J connectivity index is 2.21. The molecule has 0 bridgehead atoms. The van der Waals surface area contributed by atoms with Crippen LogP contribution >= 0.6 is 11.6 Å². The van der Waals surface area contributed by atoms with Gasteiger partial charge in [-0.2, -0.15) is 0 Å². The molecule has 0 unspecified atom stereocenters. The number of nitrogens with zero attached hydrogens (tertiary/aromatic N) is 1. The number of aromatic nitrogens is 1. The van der Waals surface area contributed by atoms with Gasteiger partial charge in [-0.05, 0) is 42.2 Å². The van der Waals surface area contributed by atoms with Crippen molar-refractivity contribution in [1.82, 2.24) is 4.98 Å². The summed E-state index contributed by atoms with van der Waals surface area (Å²) in [5.74, 6) is 2.52. The highest BCUT2D eigenvalue weighted by atomic mass is 35.5. The molecule has 2 nitrogen and oxygen atoms in total. The minimum absolute atomic E-state index is 0.391. The van der Waals surface area contributed by atoms with Crippen molar-refractivity contribution in [2.45, 2.75) is 32.6 Å². The van der Waals surface area contributed by atoms with E-state index in [0.29, 0.717) is 11.8 Å². The van der Waals surface area contributed by atoms with E-state index in [1.165, 1.54) is 11.1 Å². The first kappa shape index (κ1) is 13.9. The normalized spacial score (nSPS) is 10.8. The Labute approximate surface area is 119 Å². The average Bonchev–Trinajstić information content (AvgIpc) is 2.38. The Hall–Kier alpha value is -1.54. The third-order valence-corrected chi connectivity index (χ3v) is 3.30. The van der Waals surface area contributed by atoms with Crippen LogP contribution in [-0.2, 0) is 5.88 Å². The molecular formula is C16H18ClNO. The summed E-state index contributed by atoms with van der Waals surface area (Å²) in [5.41, 5.74) is 3.41. The molecule has 0 aliphatic rings. The Morgan fingerprint density at radius 2 is 1.89 bits per heavy atom. The number of ether oxygens (including phenoxy) is 1. The summed E-state index contributed by atoms with van der Waals surface area (Å²) in [6, 6.07) is 9.89. The zero-order valence-electron chi connectivity index (χ0n) is 11.5. The molecule has 0 N–H and O–H groups in total. The predicted molar refractivity (Wildman–Crippen MR) is 79.1 cm³/mol. The van der Waals surface area contributed by atoms with Crippen LogP contribution in [0.3, 0.4) is 0 Å². The van der Waals surface area contributed by atoms with Crippen molar-refractivity contribution in [1.29, 1.82) is 0 Å². The fourth-order valence-corrected chi connectivity index (χ4v) is 2.23. The molecule has 0 atom stereocenters. The van der Waals surface area contributed by atoms with E-state index < -0.39 is 0 Å². The van der Waals surface area contributed by atoms with Crippen LogP contribution < -0.4 is 4.74 Å². The number of hydrogen-bond donors (Lipinski definition) is 0. The first-order valence-electron chi connectivity index (χ1n) is 6.39. The highest BCUT2D eigenvalue weighted by molar-refractivity contribution is 6.16. The van der Waals surface area contributed by atoms with Crippen LogP contribution in [0.1, 0.15) is 36.6 Å². The van der Waals surface area contributed by atoms with Gasteiger partial charge in [0.05, 0.1) is 11.6 Å². The molecule has 100 valence electrons. The number of aryl methyl sites for hydroxylation is 1. The molecule has 1 aromatic carbocycles. The Bertz CT molecular complexity index is 566. The van der Waals surface area contributed by atoms with Crippen molar-refractivity contribution in [3.8, 4) is 11.5 Å². The maximum Gasteiger partial charge on any atom is 0.130 e. The van der Waals surface area contributed by atoms with Crippen molar-refractivity contribution >= 4 is 11.6 Å². The van der Waals surface area contributed by atoms with Crippen molar-refractivity contribution in [2.75, 3.05) is 0 Å². The van der Waals surface area contributed by atoms with Crippen LogP contribution in [0.15, 0.2) is 36.5 Å². The number of rotatable bonds is 4. The van der Waals surface area contributed by atoms with Gasteiger partial charge in [0.1, 0.15) is 11.5 Å². The summed E-state index contributed by atoms with van der Waals surface area (Å²) < 4.78 is 5.84. The summed E-state index contributed by atoms with van der Waals surface area (Å²) in [7, 11) is 0. The molecular weight excluding hydrogens is 258 g/mol. The highest BCUT2D eigenvalue weighted by Gasteiger charge is 2.06. The van der Waals surface area contributed by atoms with E-state index in [2.05, 4.69) is 37.9 Å². The van der Waals surface area contributed by atoms with Gasteiger partial charge in [0.25, 0.3) is 0 Å². The molecule has 1 heterocycles. The lowest BCUT2D eigenvalue weighted by Crippen LogP contribution is -1.93. The molecule has 19 heavy (non-hydrogen) atoms. The minimum Gasteiger partial charge on any atom is -0.457 e. The lowest BCUT2D eigenvalue weighted by atomic mass is 9.98. The lowest BCUT2D eigenvalue weighted by molar-refractivity contribution is 0.480. The second-order valence-electron chi connectivity index (χ2n) is 4.89. The van der Waals surface area contributed by atoms with Gasteiger partial charge in [0.2, 0.25) is 0 Å². The second kappa shape index (κ2) is 6.07. The number of alkyl halides is 1. The zero-order valence-corrected chi connectivity index (χ0v) is 12.2. The first-order valence-corrected chi connectivity index (χ1v) is 6.93. The van der Waals surface area contributed by atoms with E-state index in [1.54, 1.807) is 6.20 Å². The van der Waals surface area contributed by atoms with Gasteiger partial charge in [0, 0.05) is 12.3 Å². The SMILES string of the molecule is Cc1cc(Oc2ccnc(CCl)c2)ccc1C(C)C. The fourth-order valence-electron chi connectivity index (χ4n) is 2.09. The van der Waals surface area contributed by atoms with Gasteiger partial charge in [-0.1, -0.05) is 19.9 Å². The fraction of sp³-hybridized carbons (Fsp3) is 0.312. The Morgan fingerprint density at radius 1 is 1.16 bits per heavy atom. The van der Waals surface area contributed by atoms with Gasteiger partial charge in [-0.15, -0.1) is 11.6 Å². The molecule has 3 heteroatoms. The maximum atomic E-state index is 5.84. The molecule has 0 spiro atoms. The van der Waals surface area contributed by atoms with Gasteiger partial charge < -0.3 is 4.74 Å². The van der Waals surface area contributed by atoms with E-state index in [1.807, 2.05) is 18.2 Å². The molecule has 0 saturated carbocycles. The van der Waals surface area contributed by atoms with Crippen LogP contribution in [0.25, 0.3) is 0 Å². The van der Waals surface area contributed by atoms with Crippen molar-refractivity contribution < 1.29 is 4.74 Å². The number of hydrogen-bond acceptors (Lipinski definition) is 2. The van der Waals surface area contributed by atoms with E-state index >= 15 is 0 Å². The van der Waals surface area contributed by atoms with Gasteiger partial charge >= 0.3 is 0 Å².